The summed E-state index contributed by atoms with van der Waals surface area (Å²) in [5.74, 6) is -1.30. The van der Waals surface area contributed by atoms with Crippen molar-refractivity contribution in [2.75, 3.05) is 44.6 Å². The van der Waals surface area contributed by atoms with Crippen LogP contribution in [0.1, 0.15) is 22.8 Å². The van der Waals surface area contributed by atoms with Crippen molar-refractivity contribution in [2.24, 2.45) is 0 Å². The summed E-state index contributed by atoms with van der Waals surface area (Å²) < 4.78 is 45.4. The van der Waals surface area contributed by atoms with Gasteiger partial charge in [-0.3, -0.25) is 9.69 Å². The lowest BCUT2D eigenvalue weighted by atomic mass is 10.1. The molecule has 2 aromatic carbocycles. The fourth-order valence-electron chi connectivity index (χ4n) is 4.17. The number of piperazine rings is 1. The van der Waals surface area contributed by atoms with Crippen LogP contribution in [0.2, 0.25) is 0 Å². The van der Waals surface area contributed by atoms with E-state index in [2.05, 4.69) is 5.32 Å². The summed E-state index contributed by atoms with van der Waals surface area (Å²) in [6.45, 7) is 4.95. The Morgan fingerprint density at radius 3 is 2.30 bits per heavy atom. The van der Waals surface area contributed by atoms with Gasteiger partial charge in [0, 0.05) is 31.1 Å². The van der Waals surface area contributed by atoms with Crippen LogP contribution in [0.15, 0.2) is 59.5 Å². The predicted molar refractivity (Wildman–Crippen MR) is 141 cm³/mol. The summed E-state index contributed by atoms with van der Waals surface area (Å²) in [4.78, 5) is 28.4. The maximum atomic E-state index is 13.2. The molecular formula is C26H28FN3O5S2. The Morgan fingerprint density at radius 2 is 1.68 bits per heavy atom. The van der Waals surface area contributed by atoms with Gasteiger partial charge in [-0.15, -0.1) is 11.3 Å². The highest BCUT2D eigenvalue weighted by atomic mass is 32.2. The molecule has 11 heteroatoms. The van der Waals surface area contributed by atoms with Gasteiger partial charge in [0.05, 0.1) is 23.6 Å². The van der Waals surface area contributed by atoms with Crippen LogP contribution >= 0.6 is 11.3 Å². The van der Waals surface area contributed by atoms with Crippen molar-refractivity contribution in [3.8, 4) is 10.4 Å². The normalized spacial score (nSPS) is 14.9. The third kappa shape index (κ3) is 6.07. The molecule has 0 aliphatic carbocycles. The van der Waals surface area contributed by atoms with E-state index in [0.29, 0.717) is 23.7 Å². The summed E-state index contributed by atoms with van der Waals surface area (Å²) in [7, 11) is -3.74. The number of thiophene rings is 1. The number of carbonyl (C=O) groups is 2. The second-order valence-electron chi connectivity index (χ2n) is 8.53. The minimum Gasteiger partial charge on any atom is -0.462 e. The van der Waals surface area contributed by atoms with Crippen LogP contribution in [0.3, 0.4) is 0 Å². The number of amides is 1. The molecule has 0 atom stereocenters. The van der Waals surface area contributed by atoms with Gasteiger partial charge in [-0.25, -0.2) is 17.6 Å². The minimum atomic E-state index is -3.74. The van der Waals surface area contributed by atoms with E-state index in [1.165, 1.54) is 27.8 Å². The molecule has 0 unspecified atom stereocenters. The average molecular weight is 546 g/mol. The maximum Gasteiger partial charge on any atom is 0.341 e. The number of nitrogens with one attached hydrogen (secondary N) is 1. The molecule has 4 rings (SSSR count). The molecule has 37 heavy (non-hydrogen) atoms. The Morgan fingerprint density at radius 1 is 1.03 bits per heavy atom. The zero-order valence-corrected chi connectivity index (χ0v) is 22.2. The van der Waals surface area contributed by atoms with E-state index in [-0.39, 0.29) is 37.0 Å². The lowest BCUT2D eigenvalue weighted by molar-refractivity contribution is -0.117. The van der Waals surface area contributed by atoms with Crippen molar-refractivity contribution in [1.82, 2.24) is 9.21 Å². The highest BCUT2D eigenvalue weighted by Crippen LogP contribution is 2.40. The standard InChI is InChI=1S/C26H28FN3O5S2/c1-3-35-26(32)23-18(2)24(19-7-5-4-6-8-19)36-25(23)28-22(31)17-29-13-15-30(16-14-29)37(33,34)21-11-9-20(27)10-12-21/h4-12H,3,13-17H2,1-2H3,(H,28,31). The molecule has 0 radical (unpaired) electrons. The number of ether oxygens (including phenoxy) is 1. The second kappa shape index (κ2) is 11.5. The van der Waals surface area contributed by atoms with Crippen molar-refractivity contribution < 1.29 is 27.1 Å². The number of hydrogen-bond donors (Lipinski definition) is 1. The maximum absolute atomic E-state index is 13.2. The van der Waals surface area contributed by atoms with Gasteiger partial charge in [0.25, 0.3) is 0 Å². The molecule has 2 heterocycles. The molecule has 8 nitrogen and oxygen atoms in total. The predicted octanol–water partition coefficient (Wildman–Crippen LogP) is 3.98. The molecule has 0 saturated carbocycles. The van der Waals surface area contributed by atoms with Crippen molar-refractivity contribution in [2.45, 2.75) is 18.7 Å². The van der Waals surface area contributed by atoms with E-state index in [0.717, 1.165) is 28.1 Å². The van der Waals surface area contributed by atoms with Gasteiger partial charge in [0.2, 0.25) is 15.9 Å². The van der Waals surface area contributed by atoms with Crippen LogP contribution in [0, 0.1) is 12.7 Å². The van der Waals surface area contributed by atoms with Gasteiger partial charge in [0.1, 0.15) is 10.8 Å². The zero-order valence-electron chi connectivity index (χ0n) is 20.6. The number of halogens is 1. The number of anilines is 1. The molecule has 1 aromatic heterocycles. The Bertz CT molecular complexity index is 1370. The summed E-state index contributed by atoms with van der Waals surface area (Å²) in [6, 6.07) is 14.3. The van der Waals surface area contributed by atoms with Crippen molar-refractivity contribution in [1.29, 1.82) is 0 Å². The van der Waals surface area contributed by atoms with Crippen LogP contribution in [-0.4, -0.2) is 68.8 Å². The monoisotopic (exact) mass is 545 g/mol. The number of rotatable bonds is 8. The molecule has 0 bridgehead atoms. The van der Waals surface area contributed by atoms with Crippen molar-refractivity contribution in [3.05, 3.63) is 71.5 Å². The van der Waals surface area contributed by atoms with E-state index < -0.39 is 21.8 Å². The third-order valence-corrected chi connectivity index (χ3v) is 9.23. The first-order chi connectivity index (χ1) is 17.7. The Hall–Kier alpha value is -3.12. The molecular weight excluding hydrogens is 517 g/mol. The van der Waals surface area contributed by atoms with Gasteiger partial charge in [0.15, 0.2) is 0 Å². The third-order valence-electron chi connectivity index (χ3n) is 6.07. The van der Waals surface area contributed by atoms with E-state index >= 15 is 0 Å². The topological polar surface area (TPSA) is 96.0 Å². The van der Waals surface area contributed by atoms with Crippen LogP contribution in [0.4, 0.5) is 9.39 Å². The largest absolute Gasteiger partial charge is 0.462 e. The summed E-state index contributed by atoms with van der Waals surface area (Å²) in [5, 5.41) is 3.30. The van der Waals surface area contributed by atoms with Crippen LogP contribution in [-0.2, 0) is 19.6 Å². The Balaban J connectivity index is 1.43. The van der Waals surface area contributed by atoms with Crippen LogP contribution < -0.4 is 5.32 Å². The first kappa shape index (κ1) is 26.9. The number of benzene rings is 2. The first-order valence-electron chi connectivity index (χ1n) is 11.8. The highest BCUT2D eigenvalue weighted by molar-refractivity contribution is 7.89. The molecule has 1 saturated heterocycles. The number of esters is 1. The number of hydrogen-bond acceptors (Lipinski definition) is 7. The molecule has 3 aromatic rings. The molecule has 1 fully saturated rings. The zero-order chi connectivity index (χ0) is 26.6. The number of sulfonamides is 1. The summed E-state index contributed by atoms with van der Waals surface area (Å²) in [5.41, 5.74) is 2.02. The van der Waals surface area contributed by atoms with E-state index in [1.807, 2.05) is 42.2 Å². The number of carbonyl (C=O) groups excluding carboxylic acids is 2. The fourth-order valence-corrected chi connectivity index (χ4v) is 6.81. The van der Waals surface area contributed by atoms with E-state index in [4.69, 9.17) is 4.74 Å². The van der Waals surface area contributed by atoms with Gasteiger partial charge in [-0.2, -0.15) is 4.31 Å². The molecule has 1 N–H and O–H groups in total. The van der Waals surface area contributed by atoms with Gasteiger partial charge >= 0.3 is 5.97 Å². The van der Waals surface area contributed by atoms with Crippen LogP contribution in [0.25, 0.3) is 10.4 Å². The summed E-state index contributed by atoms with van der Waals surface area (Å²) >= 11 is 1.32. The smallest absolute Gasteiger partial charge is 0.341 e. The lowest BCUT2D eigenvalue weighted by Gasteiger charge is -2.33. The van der Waals surface area contributed by atoms with E-state index in [1.54, 1.807) is 6.92 Å². The quantitative estimate of drug-likeness (QED) is 0.430. The Labute approximate surface area is 219 Å². The van der Waals surface area contributed by atoms with Crippen molar-refractivity contribution >= 4 is 38.2 Å². The van der Waals surface area contributed by atoms with Crippen LogP contribution in [0.5, 0.6) is 0 Å². The molecule has 1 aliphatic rings. The second-order valence-corrected chi connectivity index (χ2v) is 11.5. The number of nitrogens with zero attached hydrogens (tertiary/aromatic N) is 2. The van der Waals surface area contributed by atoms with E-state index in [9.17, 15) is 22.4 Å². The molecule has 196 valence electrons. The Kier molecular flexibility index (Phi) is 8.38. The van der Waals surface area contributed by atoms with Crippen molar-refractivity contribution in [3.63, 3.8) is 0 Å². The van der Waals surface area contributed by atoms with Gasteiger partial charge in [-0.05, 0) is 49.2 Å². The summed E-state index contributed by atoms with van der Waals surface area (Å²) in [6.07, 6.45) is 0. The molecule has 1 aliphatic heterocycles. The van der Waals surface area contributed by atoms with Gasteiger partial charge < -0.3 is 10.1 Å². The molecule has 0 spiro atoms. The minimum absolute atomic E-state index is 0.0360. The molecule has 1 amide bonds. The average Bonchev–Trinajstić information content (AvgIpc) is 3.20. The first-order valence-corrected chi connectivity index (χ1v) is 14.1. The van der Waals surface area contributed by atoms with Gasteiger partial charge in [-0.1, -0.05) is 30.3 Å². The SMILES string of the molecule is CCOC(=O)c1c(NC(=O)CN2CCN(S(=O)(=O)c3ccc(F)cc3)CC2)sc(-c2ccccc2)c1C. The lowest BCUT2D eigenvalue weighted by Crippen LogP contribution is -2.50. The highest BCUT2D eigenvalue weighted by Gasteiger charge is 2.30. The fraction of sp³-hybridized carbons (Fsp3) is 0.308.